The van der Waals surface area contributed by atoms with Gasteiger partial charge >= 0.3 is 0 Å². The van der Waals surface area contributed by atoms with Crippen LogP contribution in [0.3, 0.4) is 0 Å². The number of nitrogens with two attached hydrogens (primary N) is 1. The average Bonchev–Trinajstić information content (AvgIpc) is 2.84. The Balaban J connectivity index is 2.46. The quantitative estimate of drug-likeness (QED) is 0.891. The largest absolute Gasteiger partial charge is 0.382 e. The minimum absolute atomic E-state index is 0.100. The SMILES string of the molecule is CC1CCN(c2snc(N)c2S(=O)(=O)N(C)C)C1. The summed E-state index contributed by atoms with van der Waals surface area (Å²) in [7, 11) is -0.530. The maximum absolute atomic E-state index is 12.3. The molecule has 6 nitrogen and oxygen atoms in total. The molecule has 2 N–H and O–H groups in total. The highest BCUT2D eigenvalue weighted by molar-refractivity contribution is 7.89. The number of rotatable bonds is 3. The van der Waals surface area contributed by atoms with Crippen LogP contribution in [0.2, 0.25) is 0 Å². The minimum Gasteiger partial charge on any atom is -0.382 e. The predicted octanol–water partition coefficient (Wildman–Crippen LogP) is 0.822. The molecule has 0 saturated carbocycles. The Morgan fingerprint density at radius 3 is 2.67 bits per heavy atom. The van der Waals surface area contributed by atoms with Gasteiger partial charge in [-0.05, 0) is 23.9 Å². The molecule has 1 atom stereocenters. The molecule has 0 amide bonds. The van der Waals surface area contributed by atoms with E-state index in [1.807, 2.05) is 0 Å². The zero-order chi connectivity index (χ0) is 13.5. The third kappa shape index (κ3) is 2.19. The topological polar surface area (TPSA) is 79.5 Å². The highest BCUT2D eigenvalue weighted by atomic mass is 32.2. The number of hydrogen-bond acceptors (Lipinski definition) is 6. The summed E-state index contributed by atoms with van der Waals surface area (Å²) < 4.78 is 29.7. The van der Waals surface area contributed by atoms with Gasteiger partial charge in [-0.15, -0.1) is 0 Å². The standard InChI is InChI=1S/C10H18N4O2S2/c1-7-4-5-14(6-7)10-8(9(11)12-17-10)18(15,16)13(2)3/h7H,4-6H2,1-3H3,(H2,11,12). The molecule has 0 bridgehead atoms. The van der Waals surface area contributed by atoms with Crippen LogP contribution in [0, 0.1) is 5.92 Å². The first-order valence-corrected chi connectivity index (χ1v) is 7.98. The van der Waals surface area contributed by atoms with E-state index in [0.717, 1.165) is 31.0 Å². The number of anilines is 2. The summed E-state index contributed by atoms with van der Waals surface area (Å²) in [6, 6.07) is 0. The molecule has 1 aromatic heterocycles. The van der Waals surface area contributed by atoms with Crippen molar-refractivity contribution in [3.8, 4) is 0 Å². The fourth-order valence-electron chi connectivity index (χ4n) is 2.03. The molecule has 0 aliphatic carbocycles. The number of sulfonamides is 1. The van der Waals surface area contributed by atoms with Gasteiger partial charge in [0.25, 0.3) is 0 Å². The van der Waals surface area contributed by atoms with Crippen molar-refractivity contribution in [2.75, 3.05) is 37.8 Å². The Hall–Kier alpha value is -0.860. The second kappa shape index (κ2) is 4.67. The Morgan fingerprint density at radius 1 is 1.50 bits per heavy atom. The molecule has 1 aliphatic rings. The van der Waals surface area contributed by atoms with Gasteiger partial charge in [0.1, 0.15) is 5.00 Å². The molecule has 18 heavy (non-hydrogen) atoms. The summed E-state index contributed by atoms with van der Waals surface area (Å²) in [6.45, 7) is 3.88. The molecule has 1 saturated heterocycles. The molecule has 2 rings (SSSR count). The van der Waals surface area contributed by atoms with Crippen LogP contribution < -0.4 is 10.6 Å². The van der Waals surface area contributed by atoms with Crippen molar-refractivity contribution < 1.29 is 8.42 Å². The zero-order valence-corrected chi connectivity index (χ0v) is 12.4. The lowest BCUT2D eigenvalue weighted by Gasteiger charge is -2.19. The highest BCUT2D eigenvalue weighted by Crippen LogP contribution is 2.38. The van der Waals surface area contributed by atoms with Gasteiger partial charge in [0.05, 0.1) is 0 Å². The van der Waals surface area contributed by atoms with Crippen molar-refractivity contribution in [1.29, 1.82) is 0 Å². The average molecular weight is 290 g/mol. The Kier molecular flexibility index (Phi) is 3.52. The van der Waals surface area contributed by atoms with Crippen LogP contribution in [0.1, 0.15) is 13.3 Å². The van der Waals surface area contributed by atoms with E-state index in [1.54, 1.807) is 0 Å². The van der Waals surface area contributed by atoms with Gasteiger partial charge in [0, 0.05) is 27.2 Å². The van der Waals surface area contributed by atoms with E-state index in [-0.39, 0.29) is 10.7 Å². The summed E-state index contributed by atoms with van der Waals surface area (Å²) in [5, 5.41) is 0.672. The summed E-state index contributed by atoms with van der Waals surface area (Å²) >= 11 is 1.16. The first kappa shape index (κ1) is 13.6. The van der Waals surface area contributed by atoms with Crippen LogP contribution in [0.25, 0.3) is 0 Å². The van der Waals surface area contributed by atoms with Gasteiger partial charge in [-0.1, -0.05) is 6.92 Å². The maximum atomic E-state index is 12.3. The molecular formula is C10H18N4O2S2. The first-order valence-electron chi connectivity index (χ1n) is 5.76. The fraction of sp³-hybridized carbons (Fsp3) is 0.700. The summed E-state index contributed by atoms with van der Waals surface area (Å²) in [5.41, 5.74) is 5.73. The predicted molar refractivity (Wildman–Crippen MR) is 73.4 cm³/mol. The van der Waals surface area contributed by atoms with Crippen LogP contribution in [0.15, 0.2) is 4.90 Å². The van der Waals surface area contributed by atoms with Crippen molar-refractivity contribution in [3.63, 3.8) is 0 Å². The van der Waals surface area contributed by atoms with Gasteiger partial charge in [-0.2, -0.15) is 4.37 Å². The van der Waals surface area contributed by atoms with E-state index in [0.29, 0.717) is 10.9 Å². The molecular weight excluding hydrogens is 272 g/mol. The molecule has 1 unspecified atom stereocenters. The van der Waals surface area contributed by atoms with Gasteiger partial charge in [-0.25, -0.2) is 12.7 Å². The lowest BCUT2D eigenvalue weighted by Crippen LogP contribution is -2.26. The monoisotopic (exact) mass is 290 g/mol. The lowest BCUT2D eigenvalue weighted by molar-refractivity contribution is 0.521. The molecule has 0 aromatic carbocycles. The molecule has 102 valence electrons. The molecule has 8 heteroatoms. The number of nitrogen functional groups attached to an aromatic ring is 1. The van der Waals surface area contributed by atoms with Crippen LogP contribution >= 0.6 is 11.5 Å². The lowest BCUT2D eigenvalue weighted by atomic mass is 10.2. The van der Waals surface area contributed by atoms with E-state index in [2.05, 4.69) is 16.2 Å². The molecule has 0 radical (unpaired) electrons. The van der Waals surface area contributed by atoms with Crippen molar-refractivity contribution in [2.45, 2.75) is 18.2 Å². The second-order valence-electron chi connectivity index (χ2n) is 4.83. The summed E-state index contributed by atoms with van der Waals surface area (Å²) in [4.78, 5) is 2.22. The van der Waals surface area contributed by atoms with Crippen LogP contribution in [-0.4, -0.2) is 44.3 Å². The number of hydrogen-bond donors (Lipinski definition) is 1. The smallest absolute Gasteiger partial charge is 0.249 e. The maximum Gasteiger partial charge on any atom is 0.249 e. The van der Waals surface area contributed by atoms with Crippen molar-refractivity contribution in [3.05, 3.63) is 0 Å². The van der Waals surface area contributed by atoms with Gasteiger partial charge in [-0.3, -0.25) is 0 Å². The Labute approximate surface area is 112 Å². The van der Waals surface area contributed by atoms with E-state index >= 15 is 0 Å². The number of nitrogens with zero attached hydrogens (tertiary/aromatic N) is 3. The first-order chi connectivity index (χ1) is 8.34. The Bertz CT molecular complexity index is 538. The van der Waals surface area contributed by atoms with E-state index in [9.17, 15) is 8.42 Å². The molecule has 1 fully saturated rings. The van der Waals surface area contributed by atoms with Gasteiger partial charge in [0.15, 0.2) is 10.7 Å². The fourth-order valence-corrected chi connectivity index (χ4v) is 4.29. The number of aromatic nitrogens is 1. The molecule has 0 spiro atoms. The second-order valence-corrected chi connectivity index (χ2v) is 7.67. The van der Waals surface area contributed by atoms with Crippen LogP contribution in [0.5, 0.6) is 0 Å². The van der Waals surface area contributed by atoms with E-state index < -0.39 is 10.0 Å². The Morgan fingerprint density at radius 2 is 2.17 bits per heavy atom. The van der Waals surface area contributed by atoms with Crippen molar-refractivity contribution in [1.82, 2.24) is 8.68 Å². The van der Waals surface area contributed by atoms with E-state index in [1.165, 1.54) is 18.4 Å². The van der Waals surface area contributed by atoms with Crippen molar-refractivity contribution >= 4 is 32.4 Å². The van der Waals surface area contributed by atoms with Gasteiger partial charge in [0.2, 0.25) is 10.0 Å². The summed E-state index contributed by atoms with van der Waals surface area (Å²) in [6.07, 6.45) is 1.07. The molecule has 2 heterocycles. The minimum atomic E-state index is -3.54. The highest BCUT2D eigenvalue weighted by Gasteiger charge is 2.32. The van der Waals surface area contributed by atoms with Gasteiger partial charge < -0.3 is 10.6 Å². The van der Waals surface area contributed by atoms with Crippen molar-refractivity contribution in [2.24, 2.45) is 5.92 Å². The molecule has 1 aromatic rings. The normalized spacial score (nSPS) is 20.9. The van der Waals surface area contributed by atoms with Crippen LogP contribution in [-0.2, 0) is 10.0 Å². The third-order valence-corrected chi connectivity index (χ3v) is 6.04. The zero-order valence-electron chi connectivity index (χ0n) is 10.8. The third-order valence-electron chi connectivity index (χ3n) is 3.11. The van der Waals surface area contributed by atoms with Crippen LogP contribution in [0.4, 0.5) is 10.8 Å². The molecule has 1 aliphatic heterocycles. The van der Waals surface area contributed by atoms with E-state index in [4.69, 9.17) is 5.73 Å². The summed E-state index contributed by atoms with van der Waals surface area (Å²) in [5.74, 6) is 0.673.